The number of carbonyl (C=O) groups is 5. The fourth-order valence-corrected chi connectivity index (χ4v) is 3.25. The van der Waals surface area contributed by atoms with Crippen LogP contribution < -0.4 is 15.2 Å². The van der Waals surface area contributed by atoms with Gasteiger partial charge in [-0.05, 0) is 38.2 Å². The highest BCUT2D eigenvalue weighted by Gasteiger charge is 2.18. The third-order valence-corrected chi connectivity index (χ3v) is 5.55. The summed E-state index contributed by atoms with van der Waals surface area (Å²) >= 11 is 0. The van der Waals surface area contributed by atoms with Crippen LogP contribution in [0, 0.1) is 0 Å². The molecule has 1 aromatic carbocycles. The van der Waals surface area contributed by atoms with Crippen molar-refractivity contribution in [3.05, 3.63) is 23.8 Å². The fraction of sp³-hybridized carbons (Fsp3) is 0.450. The van der Waals surface area contributed by atoms with Crippen molar-refractivity contribution in [1.82, 2.24) is 15.1 Å². The molecule has 0 unspecified atom stereocenters. The molecule has 7 N–H and O–H groups in total. The van der Waals surface area contributed by atoms with Crippen molar-refractivity contribution in [3.8, 4) is 5.75 Å². The summed E-state index contributed by atoms with van der Waals surface area (Å²) in [6.07, 6.45) is 0.826. The number of ether oxygens (including phenoxy) is 1. The number of carboxylic acids is 4. The van der Waals surface area contributed by atoms with E-state index in [0.29, 0.717) is 12.3 Å². The van der Waals surface area contributed by atoms with Gasteiger partial charge >= 0.3 is 23.9 Å². The summed E-state index contributed by atoms with van der Waals surface area (Å²) in [7, 11) is -0.336. The van der Waals surface area contributed by atoms with Gasteiger partial charge in [0, 0.05) is 32.7 Å². The minimum absolute atomic E-state index is 0.115. The molecule has 1 aliphatic rings. The number of likely N-dealkylation sites (N-methyl/N-ethyl adjacent to an activating group) is 1. The molecular weight excluding hydrogens is 520 g/mol. The Bertz CT molecular complexity index is 1020. The van der Waals surface area contributed by atoms with Crippen LogP contribution in [0.5, 0.6) is 5.75 Å². The van der Waals surface area contributed by atoms with Crippen LogP contribution in [0.25, 0.3) is 0 Å². The molecule has 2 rings (SSSR count). The Morgan fingerprint density at radius 1 is 0.946 bits per heavy atom. The van der Waals surface area contributed by atoms with Gasteiger partial charge in [0.25, 0.3) is 5.91 Å². The van der Waals surface area contributed by atoms with E-state index < -0.39 is 33.9 Å². The summed E-state index contributed by atoms with van der Waals surface area (Å²) in [4.78, 5) is 53.3. The maximum absolute atomic E-state index is 12.4. The Kier molecular flexibility index (Phi) is 14.4. The lowest BCUT2D eigenvalue weighted by Crippen LogP contribution is -2.45. The van der Waals surface area contributed by atoms with Crippen molar-refractivity contribution in [3.63, 3.8) is 0 Å². The summed E-state index contributed by atoms with van der Waals surface area (Å²) < 4.78 is 28.1. The average Bonchev–Trinajstić information content (AvgIpc) is 2.82. The smallest absolute Gasteiger partial charge is 0.414 e. The molecule has 0 bridgehead atoms. The number of piperazine rings is 1. The largest absolute Gasteiger partial charge is 0.496 e. The number of carboxylic acid groups (broad SMARTS) is 4. The van der Waals surface area contributed by atoms with Gasteiger partial charge in [-0.25, -0.2) is 32.7 Å². The average molecular weight is 551 g/mol. The maximum Gasteiger partial charge on any atom is 0.414 e. The highest BCUT2D eigenvalue weighted by Crippen LogP contribution is 2.21. The third kappa shape index (κ3) is 13.8. The highest BCUT2D eigenvalue weighted by atomic mass is 32.2. The second kappa shape index (κ2) is 16.0. The number of rotatable bonds is 7. The molecule has 1 fully saturated rings. The molecule has 0 aromatic heterocycles. The van der Waals surface area contributed by atoms with E-state index in [4.69, 9.17) is 49.5 Å². The minimum Gasteiger partial charge on any atom is -0.496 e. The van der Waals surface area contributed by atoms with E-state index in [1.807, 2.05) is 0 Å². The van der Waals surface area contributed by atoms with Crippen LogP contribution in [0.1, 0.15) is 16.8 Å². The van der Waals surface area contributed by atoms with Crippen molar-refractivity contribution >= 4 is 39.8 Å². The number of benzene rings is 1. The van der Waals surface area contributed by atoms with E-state index in [2.05, 4.69) is 22.2 Å². The lowest BCUT2D eigenvalue weighted by atomic mass is 10.2. The summed E-state index contributed by atoms with van der Waals surface area (Å²) in [6, 6.07) is 3.99. The van der Waals surface area contributed by atoms with E-state index in [1.165, 1.54) is 25.3 Å². The third-order valence-electron chi connectivity index (χ3n) is 4.64. The normalized spacial score (nSPS) is 13.6. The van der Waals surface area contributed by atoms with E-state index >= 15 is 0 Å². The SMILES string of the molecule is COc1ccc(S(N)(=O)=O)cc1C(=O)NCCCN1CCN(C)CC1.O=C(O)C(=O)O.O=C(O)C(=O)O. The lowest BCUT2D eigenvalue weighted by Gasteiger charge is -2.32. The van der Waals surface area contributed by atoms with Gasteiger partial charge in [0.2, 0.25) is 10.0 Å². The Balaban J connectivity index is 0.000000896. The zero-order chi connectivity index (χ0) is 28.8. The number of nitrogens with two attached hydrogens (primary N) is 1. The minimum atomic E-state index is -3.87. The van der Waals surface area contributed by atoms with Crippen LogP contribution in [0.15, 0.2) is 23.1 Å². The first-order chi connectivity index (χ1) is 17.1. The topological polar surface area (TPSA) is 254 Å². The molecule has 0 saturated carbocycles. The molecule has 16 nitrogen and oxygen atoms in total. The molecule has 17 heteroatoms. The van der Waals surface area contributed by atoms with E-state index in [1.54, 1.807) is 0 Å². The fourth-order valence-electron chi connectivity index (χ4n) is 2.71. The van der Waals surface area contributed by atoms with Crippen LogP contribution in [0.3, 0.4) is 0 Å². The zero-order valence-corrected chi connectivity index (χ0v) is 20.9. The van der Waals surface area contributed by atoms with Gasteiger partial charge in [-0.3, -0.25) is 4.79 Å². The Morgan fingerprint density at radius 2 is 1.43 bits per heavy atom. The monoisotopic (exact) mass is 550 g/mol. The Labute approximate surface area is 212 Å². The van der Waals surface area contributed by atoms with Crippen LogP contribution in [-0.4, -0.2) is 122 Å². The van der Waals surface area contributed by atoms with Crippen molar-refractivity contribution in [1.29, 1.82) is 0 Å². The molecule has 1 amide bonds. The molecule has 1 heterocycles. The summed E-state index contributed by atoms with van der Waals surface area (Å²) in [5.41, 5.74) is 0.161. The highest BCUT2D eigenvalue weighted by molar-refractivity contribution is 7.89. The molecule has 1 aliphatic heterocycles. The van der Waals surface area contributed by atoms with Crippen LogP contribution >= 0.6 is 0 Å². The zero-order valence-electron chi connectivity index (χ0n) is 20.1. The summed E-state index contributed by atoms with van der Waals surface area (Å²) in [5, 5.41) is 37.5. The van der Waals surface area contributed by atoms with Crippen LogP contribution in [-0.2, 0) is 29.2 Å². The van der Waals surface area contributed by atoms with E-state index in [9.17, 15) is 13.2 Å². The number of aliphatic carboxylic acids is 4. The van der Waals surface area contributed by atoms with Gasteiger partial charge in [-0.1, -0.05) is 0 Å². The number of primary sulfonamides is 1. The van der Waals surface area contributed by atoms with Gasteiger partial charge < -0.3 is 40.3 Å². The number of hydrogen-bond donors (Lipinski definition) is 6. The number of nitrogens with one attached hydrogen (secondary N) is 1. The molecule has 1 saturated heterocycles. The molecule has 0 radical (unpaired) electrons. The summed E-state index contributed by atoms with van der Waals surface area (Å²) in [5.74, 6) is -7.36. The quantitative estimate of drug-likeness (QED) is 0.159. The predicted octanol–water partition coefficient (Wildman–Crippen LogP) is -1.98. The van der Waals surface area contributed by atoms with Crippen molar-refractivity contribution in [2.75, 3.05) is 53.4 Å². The van der Waals surface area contributed by atoms with Crippen LogP contribution in [0.4, 0.5) is 0 Å². The lowest BCUT2D eigenvalue weighted by molar-refractivity contribution is -0.159. The number of nitrogens with zero attached hydrogens (tertiary/aromatic N) is 2. The molecular formula is C20H30N4O12S. The van der Waals surface area contributed by atoms with Gasteiger partial charge in [0.1, 0.15) is 5.75 Å². The molecule has 0 aliphatic carbocycles. The Morgan fingerprint density at radius 3 is 1.84 bits per heavy atom. The Hall–Kier alpha value is -3.80. The van der Waals surface area contributed by atoms with Gasteiger partial charge in [0.05, 0.1) is 17.6 Å². The second-order valence-corrected chi connectivity index (χ2v) is 8.94. The van der Waals surface area contributed by atoms with Gasteiger partial charge in [-0.2, -0.15) is 0 Å². The number of methoxy groups -OCH3 is 1. The van der Waals surface area contributed by atoms with Gasteiger partial charge in [0.15, 0.2) is 0 Å². The van der Waals surface area contributed by atoms with Crippen LogP contribution in [0.2, 0.25) is 0 Å². The first kappa shape index (κ1) is 33.2. The van der Waals surface area contributed by atoms with Crippen molar-refractivity contribution < 1.29 is 57.6 Å². The number of carbonyl (C=O) groups excluding carboxylic acids is 1. The molecule has 0 atom stereocenters. The standard InChI is InChI=1S/C16H26N4O4S.2C2H2O4/c1-19-8-10-20(11-9-19)7-3-6-18-16(21)14-12-13(25(17,22)23)4-5-15(14)24-2;2*3-1(4)2(5)6/h4-5,12H,3,6-11H2,1-2H3,(H,18,21)(H2,17,22,23);2*(H,3,4)(H,5,6). The maximum atomic E-state index is 12.4. The molecule has 0 spiro atoms. The molecule has 208 valence electrons. The number of sulfonamides is 1. The van der Waals surface area contributed by atoms with Gasteiger partial charge in [-0.15, -0.1) is 0 Å². The molecule has 37 heavy (non-hydrogen) atoms. The van der Waals surface area contributed by atoms with Crippen molar-refractivity contribution in [2.24, 2.45) is 5.14 Å². The number of amides is 1. The van der Waals surface area contributed by atoms with E-state index in [-0.39, 0.29) is 16.4 Å². The van der Waals surface area contributed by atoms with Crippen molar-refractivity contribution in [2.45, 2.75) is 11.3 Å². The first-order valence-electron chi connectivity index (χ1n) is 10.4. The number of hydrogen-bond acceptors (Lipinski definition) is 10. The summed E-state index contributed by atoms with van der Waals surface area (Å²) in [6.45, 7) is 5.62. The second-order valence-electron chi connectivity index (χ2n) is 7.38. The molecule has 1 aromatic rings. The predicted molar refractivity (Wildman–Crippen MR) is 126 cm³/mol. The van der Waals surface area contributed by atoms with E-state index in [0.717, 1.165) is 39.1 Å². The first-order valence-corrected chi connectivity index (χ1v) is 12.0.